The Labute approximate surface area is 143 Å². The van der Waals surface area contributed by atoms with Crippen molar-refractivity contribution in [2.24, 2.45) is 17.8 Å². The van der Waals surface area contributed by atoms with Gasteiger partial charge in [-0.15, -0.1) is 12.4 Å². The Hall–Kier alpha value is -0.860. The van der Waals surface area contributed by atoms with Crippen molar-refractivity contribution in [1.29, 1.82) is 5.26 Å². The molecule has 4 saturated carbocycles. The lowest BCUT2D eigenvalue weighted by Gasteiger charge is -2.57. The summed E-state index contributed by atoms with van der Waals surface area (Å²) in [7, 11) is 0. The van der Waals surface area contributed by atoms with Crippen molar-refractivity contribution >= 4 is 18.3 Å². The fraction of sp³-hybridized carbons (Fsp3) is 0.882. The van der Waals surface area contributed by atoms with Gasteiger partial charge in [0.2, 0.25) is 5.91 Å². The van der Waals surface area contributed by atoms with E-state index in [0.29, 0.717) is 0 Å². The number of hydrogen-bond donors (Lipinski definition) is 1. The van der Waals surface area contributed by atoms with E-state index in [0.717, 1.165) is 17.8 Å². The second-order valence-corrected chi connectivity index (χ2v) is 8.08. The first-order valence-corrected chi connectivity index (χ1v) is 8.65. The molecule has 0 aromatic heterocycles. The summed E-state index contributed by atoms with van der Waals surface area (Å²) < 4.78 is 13.5. The van der Waals surface area contributed by atoms with Gasteiger partial charge in [0.15, 0.2) is 0 Å². The number of rotatable bonds is 3. The molecule has 0 aromatic rings. The molecule has 1 saturated heterocycles. The molecule has 0 spiro atoms. The Bertz CT molecular complexity index is 485. The van der Waals surface area contributed by atoms with Gasteiger partial charge in [0, 0.05) is 12.0 Å². The van der Waals surface area contributed by atoms with Crippen molar-refractivity contribution in [2.75, 3.05) is 13.1 Å². The second kappa shape index (κ2) is 6.22. The van der Waals surface area contributed by atoms with Gasteiger partial charge in [-0.25, -0.2) is 4.39 Å². The van der Waals surface area contributed by atoms with Crippen LogP contribution in [0.2, 0.25) is 0 Å². The molecular formula is C17H25ClFN3O. The lowest BCUT2D eigenvalue weighted by atomic mass is 9.53. The molecule has 4 bridgehead atoms. The fourth-order valence-corrected chi connectivity index (χ4v) is 5.87. The van der Waals surface area contributed by atoms with Crippen LogP contribution >= 0.6 is 12.4 Å². The maximum Gasteiger partial charge on any atom is 0.237 e. The number of nitriles is 1. The summed E-state index contributed by atoms with van der Waals surface area (Å²) in [6.07, 6.45) is 6.83. The number of carbonyl (C=O) groups excluding carboxylic acids is 1. The molecule has 5 fully saturated rings. The smallest absolute Gasteiger partial charge is 0.237 e. The molecule has 6 heteroatoms. The average molecular weight is 342 g/mol. The van der Waals surface area contributed by atoms with Crippen molar-refractivity contribution in [3.8, 4) is 6.07 Å². The highest BCUT2D eigenvalue weighted by atomic mass is 35.5. The number of likely N-dealkylation sites (tertiary alicyclic amines) is 1. The molecule has 4 aliphatic carbocycles. The predicted octanol–water partition coefficient (Wildman–Crippen LogP) is 2.43. The van der Waals surface area contributed by atoms with Crippen molar-refractivity contribution < 1.29 is 9.18 Å². The van der Waals surface area contributed by atoms with E-state index in [1.54, 1.807) is 0 Å². The summed E-state index contributed by atoms with van der Waals surface area (Å²) in [6, 6.07) is 1.47. The second-order valence-electron chi connectivity index (χ2n) is 8.08. The Kier molecular flexibility index (Phi) is 4.59. The summed E-state index contributed by atoms with van der Waals surface area (Å²) in [5.41, 5.74) is 0.140. The molecule has 0 radical (unpaired) electrons. The van der Waals surface area contributed by atoms with Crippen LogP contribution in [0.5, 0.6) is 0 Å². The molecule has 1 heterocycles. The van der Waals surface area contributed by atoms with Gasteiger partial charge in [-0.3, -0.25) is 4.79 Å². The quantitative estimate of drug-likeness (QED) is 0.857. The lowest BCUT2D eigenvalue weighted by molar-refractivity contribution is -0.131. The number of halogens is 2. The zero-order valence-corrected chi connectivity index (χ0v) is 14.2. The minimum absolute atomic E-state index is 0. The molecule has 1 amide bonds. The van der Waals surface area contributed by atoms with Crippen molar-refractivity contribution in [1.82, 2.24) is 10.2 Å². The van der Waals surface area contributed by atoms with Crippen LogP contribution < -0.4 is 5.32 Å². The number of hydrogen-bond acceptors (Lipinski definition) is 3. The summed E-state index contributed by atoms with van der Waals surface area (Å²) in [6.45, 7) is 0.344. The van der Waals surface area contributed by atoms with Crippen molar-refractivity contribution in [2.45, 2.75) is 62.7 Å². The molecule has 1 N–H and O–H groups in total. The van der Waals surface area contributed by atoms with Crippen LogP contribution in [0.3, 0.4) is 0 Å². The van der Waals surface area contributed by atoms with Crippen LogP contribution in [-0.2, 0) is 4.79 Å². The molecule has 0 aromatic carbocycles. The van der Waals surface area contributed by atoms with Gasteiger partial charge in [-0.1, -0.05) is 0 Å². The first-order chi connectivity index (χ1) is 10.6. The molecule has 128 valence electrons. The summed E-state index contributed by atoms with van der Waals surface area (Å²) in [5.74, 6) is 2.40. The van der Waals surface area contributed by atoms with Gasteiger partial charge in [0.1, 0.15) is 12.2 Å². The van der Waals surface area contributed by atoms with Gasteiger partial charge in [-0.05, 0) is 56.3 Å². The molecule has 2 atom stereocenters. The van der Waals surface area contributed by atoms with E-state index in [1.807, 2.05) is 0 Å². The molecular weight excluding hydrogens is 317 g/mol. The number of nitrogens with one attached hydrogen (secondary N) is 1. The summed E-state index contributed by atoms with van der Waals surface area (Å²) in [5, 5.41) is 12.6. The molecule has 5 rings (SSSR count). The van der Waals surface area contributed by atoms with E-state index in [2.05, 4.69) is 11.4 Å². The van der Waals surface area contributed by atoms with Crippen LogP contribution in [0.4, 0.5) is 4.39 Å². The number of nitrogens with zero attached hydrogens (tertiary/aromatic N) is 2. The Morgan fingerprint density at radius 1 is 1.17 bits per heavy atom. The SMILES string of the molecule is Cl.N#CC1CC(F)CN1C(=O)CNC12CC3CC(CC(C3)C1)C2. The van der Waals surface area contributed by atoms with E-state index in [4.69, 9.17) is 5.26 Å². The molecule has 1 aliphatic heterocycles. The standard InChI is InChI=1S/C17H24FN3O.ClH/c18-14-4-15(8-19)21(10-14)16(22)9-20-17-5-11-1-12(6-17)3-13(2-11)7-17;/h11-15,20H,1-7,9-10H2;1H. The van der Waals surface area contributed by atoms with Crippen LogP contribution in [0.15, 0.2) is 0 Å². The van der Waals surface area contributed by atoms with E-state index in [9.17, 15) is 9.18 Å². The highest BCUT2D eigenvalue weighted by molar-refractivity contribution is 5.85. The van der Waals surface area contributed by atoms with Crippen LogP contribution in [-0.4, -0.2) is 41.6 Å². The minimum Gasteiger partial charge on any atom is -0.323 e. The number of alkyl halides is 1. The first-order valence-electron chi connectivity index (χ1n) is 8.65. The van der Waals surface area contributed by atoms with Crippen molar-refractivity contribution in [3.05, 3.63) is 0 Å². The Morgan fingerprint density at radius 3 is 2.26 bits per heavy atom. The monoisotopic (exact) mass is 341 g/mol. The fourth-order valence-electron chi connectivity index (χ4n) is 5.87. The average Bonchev–Trinajstić information content (AvgIpc) is 2.85. The zero-order valence-electron chi connectivity index (χ0n) is 13.3. The summed E-state index contributed by atoms with van der Waals surface area (Å²) in [4.78, 5) is 13.8. The largest absolute Gasteiger partial charge is 0.323 e. The van der Waals surface area contributed by atoms with E-state index < -0.39 is 12.2 Å². The third-order valence-electron chi connectivity index (χ3n) is 6.37. The highest BCUT2D eigenvalue weighted by Gasteiger charge is 2.51. The first kappa shape index (κ1) is 17.0. The van der Waals surface area contributed by atoms with Crippen LogP contribution in [0, 0.1) is 29.1 Å². The zero-order chi connectivity index (χ0) is 15.3. The summed E-state index contributed by atoms with van der Waals surface area (Å²) >= 11 is 0. The number of carbonyl (C=O) groups is 1. The Morgan fingerprint density at radius 2 is 1.74 bits per heavy atom. The van der Waals surface area contributed by atoms with Gasteiger partial charge in [0.05, 0.1) is 19.2 Å². The van der Waals surface area contributed by atoms with Gasteiger partial charge >= 0.3 is 0 Å². The number of amides is 1. The van der Waals surface area contributed by atoms with Gasteiger partial charge in [0.25, 0.3) is 0 Å². The van der Waals surface area contributed by atoms with E-state index in [1.165, 1.54) is 43.4 Å². The van der Waals surface area contributed by atoms with E-state index >= 15 is 0 Å². The molecule has 2 unspecified atom stereocenters. The minimum atomic E-state index is -1.05. The lowest BCUT2D eigenvalue weighted by Crippen LogP contribution is -2.60. The topological polar surface area (TPSA) is 56.1 Å². The third kappa shape index (κ3) is 3.08. The van der Waals surface area contributed by atoms with Crippen LogP contribution in [0.1, 0.15) is 44.9 Å². The Balaban J connectivity index is 0.00000156. The highest BCUT2D eigenvalue weighted by Crippen LogP contribution is 2.55. The van der Waals surface area contributed by atoms with Gasteiger partial charge < -0.3 is 10.2 Å². The molecule has 5 aliphatic rings. The van der Waals surface area contributed by atoms with Crippen molar-refractivity contribution in [3.63, 3.8) is 0 Å². The molecule has 4 nitrogen and oxygen atoms in total. The molecule has 23 heavy (non-hydrogen) atoms. The third-order valence-corrected chi connectivity index (χ3v) is 6.37. The van der Waals surface area contributed by atoms with Crippen LogP contribution in [0.25, 0.3) is 0 Å². The maximum atomic E-state index is 13.5. The predicted molar refractivity (Wildman–Crippen MR) is 86.8 cm³/mol. The van der Waals surface area contributed by atoms with E-state index in [-0.39, 0.29) is 43.4 Å². The normalized spacial score (nSPS) is 44.0. The maximum absolute atomic E-state index is 13.5. The van der Waals surface area contributed by atoms with Gasteiger partial charge in [-0.2, -0.15) is 5.26 Å².